The maximum absolute atomic E-state index is 3.63. The van der Waals surface area contributed by atoms with Gasteiger partial charge in [0.15, 0.2) is 0 Å². The van der Waals surface area contributed by atoms with Gasteiger partial charge in [-0.15, -0.1) is 0 Å². The number of hydrogen-bond donors (Lipinski definition) is 1. The largest absolute Gasteiger partial charge is 0.312 e. The van der Waals surface area contributed by atoms with Crippen molar-refractivity contribution in [2.75, 3.05) is 26.2 Å². The molecule has 0 aromatic carbocycles. The van der Waals surface area contributed by atoms with E-state index in [2.05, 4.69) is 10.2 Å². The molecule has 2 saturated heterocycles. The zero-order valence-electron chi connectivity index (χ0n) is 9.04. The molecule has 0 aromatic heterocycles. The van der Waals surface area contributed by atoms with Crippen LogP contribution in [0.3, 0.4) is 0 Å². The molecule has 2 atom stereocenters. The standard InChI is InChI=1S/C12H22N2/c1-2-4-10(3-1)7-14-8-11-5-6-13-12(11)9-14/h10-13H,1-9H2. The van der Waals surface area contributed by atoms with E-state index in [0.29, 0.717) is 0 Å². The van der Waals surface area contributed by atoms with Crippen LogP contribution in [0.1, 0.15) is 32.1 Å². The molecule has 3 rings (SSSR count). The maximum atomic E-state index is 3.63. The highest BCUT2D eigenvalue weighted by Gasteiger charge is 2.36. The molecule has 1 saturated carbocycles. The zero-order valence-corrected chi connectivity index (χ0v) is 9.04. The van der Waals surface area contributed by atoms with Gasteiger partial charge in [0.25, 0.3) is 0 Å². The highest BCUT2D eigenvalue weighted by molar-refractivity contribution is 4.94. The number of likely N-dealkylation sites (tertiary alicyclic amines) is 1. The van der Waals surface area contributed by atoms with Gasteiger partial charge in [0.1, 0.15) is 0 Å². The normalized spacial score (nSPS) is 39.4. The van der Waals surface area contributed by atoms with Gasteiger partial charge in [0.05, 0.1) is 0 Å². The van der Waals surface area contributed by atoms with E-state index >= 15 is 0 Å². The third kappa shape index (κ3) is 1.70. The van der Waals surface area contributed by atoms with Crippen LogP contribution in [0.2, 0.25) is 0 Å². The lowest BCUT2D eigenvalue weighted by Gasteiger charge is -2.20. The maximum Gasteiger partial charge on any atom is 0.0235 e. The van der Waals surface area contributed by atoms with Gasteiger partial charge >= 0.3 is 0 Å². The molecule has 2 aliphatic heterocycles. The minimum atomic E-state index is 0.844. The van der Waals surface area contributed by atoms with Crippen molar-refractivity contribution in [1.82, 2.24) is 10.2 Å². The lowest BCUT2D eigenvalue weighted by molar-refractivity contribution is 0.263. The van der Waals surface area contributed by atoms with Crippen molar-refractivity contribution < 1.29 is 0 Å². The van der Waals surface area contributed by atoms with Crippen molar-refractivity contribution in [2.24, 2.45) is 11.8 Å². The second-order valence-electron chi connectivity index (χ2n) is 5.48. The predicted octanol–water partition coefficient (Wildman–Crippen LogP) is 1.47. The number of nitrogens with zero attached hydrogens (tertiary/aromatic N) is 1. The first-order valence-corrected chi connectivity index (χ1v) is 6.37. The van der Waals surface area contributed by atoms with Gasteiger partial charge in [0.2, 0.25) is 0 Å². The highest BCUT2D eigenvalue weighted by Crippen LogP contribution is 2.29. The molecule has 80 valence electrons. The van der Waals surface area contributed by atoms with Gasteiger partial charge in [-0.2, -0.15) is 0 Å². The van der Waals surface area contributed by atoms with Crippen molar-refractivity contribution in [3.8, 4) is 0 Å². The van der Waals surface area contributed by atoms with Gasteiger partial charge in [-0.05, 0) is 37.6 Å². The van der Waals surface area contributed by atoms with Crippen LogP contribution in [0.15, 0.2) is 0 Å². The summed E-state index contributed by atoms with van der Waals surface area (Å²) in [6.07, 6.45) is 7.40. The van der Waals surface area contributed by atoms with Crippen LogP contribution < -0.4 is 5.32 Å². The summed E-state index contributed by atoms with van der Waals surface area (Å²) in [5, 5.41) is 3.63. The Morgan fingerprint density at radius 1 is 1.07 bits per heavy atom. The molecule has 0 amide bonds. The molecular weight excluding hydrogens is 172 g/mol. The molecule has 0 bridgehead atoms. The summed E-state index contributed by atoms with van der Waals surface area (Å²) in [6.45, 7) is 5.39. The van der Waals surface area contributed by atoms with Crippen molar-refractivity contribution in [2.45, 2.75) is 38.1 Å². The summed E-state index contributed by atoms with van der Waals surface area (Å²) in [5.41, 5.74) is 0. The molecule has 0 spiro atoms. The van der Waals surface area contributed by atoms with E-state index in [0.717, 1.165) is 17.9 Å². The summed E-state index contributed by atoms with van der Waals surface area (Å²) in [5.74, 6) is 2.02. The SMILES string of the molecule is C1CCC(CN2CC3CCNC3C2)C1. The average Bonchev–Trinajstić information content (AvgIpc) is 2.78. The second kappa shape index (κ2) is 3.82. The first-order chi connectivity index (χ1) is 6.92. The van der Waals surface area contributed by atoms with Crippen molar-refractivity contribution in [3.63, 3.8) is 0 Å². The Labute approximate surface area is 87.0 Å². The molecule has 1 N–H and O–H groups in total. The van der Waals surface area contributed by atoms with Crippen LogP contribution in [-0.2, 0) is 0 Å². The van der Waals surface area contributed by atoms with Crippen LogP contribution in [-0.4, -0.2) is 37.1 Å². The molecule has 3 fully saturated rings. The first-order valence-electron chi connectivity index (χ1n) is 6.37. The summed E-state index contributed by atoms with van der Waals surface area (Å²) >= 11 is 0. The highest BCUT2D eigenvalue weighted by atomic mass is 15.2. The fourth-order valence-electron chi connectivity index (χ4n) is 3.65. The summed E-state index contributed by atoms with van der Waals surface area (Å²) < 4.78 is 0. The third-order valence-corrected chi connectivity index (χ3v) is 4.43. The fourth-order valence-corrected chi connectivity index (χ4v) is 3.65. The Morgan fingerprint density at radius 2 is 1.93 bits per heavy atom. The summed E-state index contributed by atoms with van der Waals surface area (Å²) in [4.78, 5) is 2.72. The molecule has 1 aliphatic carbocycles. The Morgan fingerprint density at radius 3 is 2.71 bits per heavy atom. The van der Waals surface area contributed by atoms with Crippen molar-refractivity contribution in [1.29, 1.82) is 0 Å². The molecule has 14 heavy (non-hydrogen) atoms. The zero-order chi connectivity index (χ0) is 9.38. The molecular formula is C12H22N2. The Kier molecular flexibility index (Phi) is 2.50. The summed E-state index contributed by atoms with van der Waals surface area (Å²) in [7, 11) is 0. The molecule has 2 heterocycles. The van der Waals surface area contributed by atoms with Crippen LogP contribution in [0.4, 0.5) is 0 Å². The number of fused-ring (bicyclic) bond motifs is 1. The number of nitrogens with one attached hydrogen (secondary N) is 1. The molecule has 0 radical (unpaired) electrons. The van der Waals surface area contributed by atoms with E-state index in [1.165, 1.54) is 58.3 Å². The van der Waals surface area contributed by atoms with E-state index in [-0.39, 0.29) is 0 Å². The van der Waals surface area contributed by atoms with Crippen molar-refractivity contribution >= 4 is 0 Å². The van der Waals surface area contributed by atoms with Gasteiger partial charge in [0, 0.05) is 25.7 Å². The third-order valence-electron chi connectivity index (χ3n) is 4.43. The van der Waals surface area contributed by atoms with Gasteiger partial charge in [-0.25, -0.2) is 0 Å². The summed E-state index contributed by atoms with van der Waals surface area (Å²) in [6, 6.07) is 0.844. The smallest absolute Gasteiger partial charge is 0.0235 e. The Hall–Kier alpha value is -0.0800. The topological polar surface area (TPSA) is 15.3 Å². The molecule has 2 unspecified atom stereocenters. The van der Waals surface area contributed by atoms with E-state index < -0.39 is 0 Å². The Bertz CT molecular complexity index is 186. The second-order valence-corrected chi connectivity index (χ2v) is 5.48. The molecule has 2 heteroatoms. The predicted molar refractivity (Wildman–Crippen MR) is 58.3 cm³/mol. The van der Waals surface area contributed by atoms with E-state index in [9.17, 15) is 0 Å². The van der Waals surface area contributed by atoms with E-state index in [1.54, 1.807) is 0 Å². The fraction of sp³-hybridized carbons (Fsp3) is 1.00. The van der Waals surface area contributed by atoms with Crippen LogP contribution in [0, 0.1) is 11.8 Å². The van der Waals surface area contributed by atoms with Crippen LogP contribution in [0.5, 0.6) is 0 Å². The van der Waals surface area contributed by atoms with Gasteiger partial charge in [-0.3, -0.25) is 0 Å². The lowest BCUT2D eigenvalue weighted by atomic mass is 10.1. The van der Waals surface area contributed by atoms with Crippen molar-refractivity contribution in [3.05, 3.63) is 0 Å². The quantitative estimate of drug-likeness (QED) is 0.716. The average molecular weight is 194 g/mol. The molecule has 3 aliphatic rings. The Balaban J connectivity index is 1.50. The van der Waals surface area contributed by atoms with Gasteiger partial charge < -0.3 is 10.2 Å². The molecule has 2 nitrogen and oxygen atoms in total. The van der Waals surface area contributed by atoms with Gasteiger partial charge in [-0.1, -0.05) is 12.8 Å². The lowest BCUT2D eigenvalue weighted by Crippen LogP contribution is -2.32. The minimum absolute atomic E-state index is 0.844. The number of hydrogen-bond acceptors (Lipinski definition) is 2. The van der Waals surface area contributed by atoms with Crippen LogP contribution >= 0.6 is 0 Å². The van der Waals surface area contributed by atoms with E-state index in [1.807, 2.05) is 0 Å². The monoisotopic (exact) mass is 194 g/mol. The number of rotatable bonds is 2. The van der Waals surface area contributed by atoms with Crippen LogP contribution in [0.25, 0.3) is 0 Å². The first kappa shape index (κ1) is 9.17. The van der Waals surface area contributed by atoms with E-state index in [4.69, 9.17) is 0 Å². The molecule has 0 aromatic rings. The minimum Gasteiger partial charge on any atom is -0.312 e.